The smallest absolute Gasteiger partial charge is 0.260 e. The van der Waals surface area contributed by atoms with Gasteiger partial charge >= 0.3 is 0 Å². The summed E-state index contributed by atoms with van der Waals surface area (Å²) in [5.74, 6) is -0.769. The number of hydrogen-bond donors (Lipinski definition) is 1. The Balaban J connectivity index is 1.51. The summed E-state index contributed by atoms with van der Waals surface area (Å²) in [6.07, 6.45) is 7.42. The quantitative estimate of drug-likeness (QED) is 0.460. The lowest BCUT2D eigenvalue weighted by Gasteiger charge is -2.36. The van der Waals surface area contributed by atoms with Crippen molar-refractivity contribution in [2.45, 2.75) is 68.5 Å². The minimum atomic E-state index is -3.96. The Morgan fingerprint density at radius 3 is 2.62 bits per heavy atom. The average molecular weight is 568 g/mol. The zero-order chi connectivity index (χ0) is 26.4. The molecule has 1 N–H and O–H groups in total. The molecule has 2 aromatic heterocycles. The zero-order valence-corrected chi connectivity index (χ0v) is 22.8. The van der Waals surface area contributed by atoms with Gasteiger partial charge in [-0.3, -0.25) is 18.1 Å². The number of amides is 1. The van der Waals surface area contributed by atoms with Crippen LogP contribution >= 0.6 is 11.3 Å². The third-order valence-corrected chi connectivity index (χ3v) is 10.4. The fourth-order valence-corrected chi connectivity index (χ4v) is 8.00. The van der Waals surface area contributed by atoms with Crippen LogP contribution in [-0.2, 0) is 30.9 Å². The van der Waals surface area contributed by atoms with Gasteiger partial charge < -0.3 is 9.87 Å². The molecule has 0 spiro atoms. The largest absolute Gasteiger partial charge is 0.755 e. The first-order valence-corrected chi connectivity index (χ1v) is 15.8. The van der Waals surface area contributed by atoms with E-state index in [0.29, 0.717) is 17.8 Å². The van der Waals surface area contributed by atoms with Gasteiger partial charge in [-0.1, -0.05) is 38.2 Å². The lowest BCUT2D eigenvalue weighted by atomic mass is 9.84. The predicted molar refractivity (Wildman–Crippen MR) is 140 cm³/mol. The molecule has 2 aliphatic rings. The van der Waals surface area contributed by atoms with Crippen molar-refractivity contribution >= 4 is 49.3 Å². The van der Waals surface area contributed by atoms with Gasteiger partial charge in [0.2, 0.25) is 5.91 Å². The highest BCUT2D eigenvalue weighted by Crippen LogP contribution is 2.32. The Morgan fingerprint density at radius 1 is 1.19 bits per heavy atom. The molecule has 4 rings (SSSR count). The molecule has 0 aromatic carbocycles. The number of ketones is 1. The second kappa shape index (κ2) is 12.6. The number of nitrogens with one attached hydrogen (secondary N) is 1. The molecule has 2 aromatic rings. The molecule has 1 aliphatic carbocycles. The molecule has 202 valence electrons. The number of anilines is 1. The molecular formula is C24H31N4O6S3-. The number of carbonyl (C=O) groups excluding carboxylic acids is 2. The maximum atomic E-state index is 13.6. The van der Waals surface area contributed by atoms with Crippen molar-refractivity contribution in [2.75, 3.05) is 17.4 Å². The molecule has 37 heavy (non-hydrogen) atoms. The third-order valence-electron chi connectivity index (χ3n) is 6.93. The van der Waals surface area contributed by atoms with Crippen LogP contribution in [-0.4, -0.2) is 63.3 Å². The first kappa shape index (κ1) is 27.8. The molecule has 13 heteroatoms. The molecule has 1 saturated heterocycles. The van der Waals surface area contributed by atoms with Gasteiger partial charge in [-0.2, -0.15) is 4.31 Å². The van der Waals surface area contributed by atoms with Crippen molar-refractivity contribution in [2.24, 2.45) is 5.92 Å². The van der Waals surface area contributed by atoms with E-state index < -0.39 is 45.1 Å². The lowest BCUT2D eigenvalue weighted by molar-refractivity contribution is -0.128. The van der Waals surface area contributed by atoms with Crippen LogP contribution in [0.15, 0.2) is 46.9 Å². The average Bonchev–Trinajstić information content (AvgIpc) is 3.35. The van der Waals surface area contributed by atoms with E-state index in [0.717, 1.165) is 40.7 Å². The third kappa shape index (κ3) is 6.82. The summed E-state index contributed by atoms with van der Waals surface area (Å²) in [5.41, 5.74) is 0. The van der Waals surface area contributed by atoms with E-state index >= 15 is 0 Å². The van der Waals surface area contributed by atoms with Crippen molar-refractivity contribution in [3.8, 4) is 0 Å². The predicted octanol–water partition coefficient (Wildman–Crippen LogP) is 2.62. The van der Waals surface area contributed by atoms with E-state index in [1.54, 1.807) is 29.6 Å². The molecule has 0 radical (unpaired) electrons. The van der Waals surface area contributed by atoms with E-state index in [9.17, 15) is 26.8 Å². The second-order valence-corrected chi connectivity index (χ2v) is 13.1. The van der Waals surface area contributed by atoms with Crippen LogP contribution in [0.2, 0.25) is 0 Å². The molecule has 1 aliphatic heterocycles. The zero-order valence-electron chi connectivity index (χ0n) is 20.4. The van der Waals surface area contributed by atoms with E-state index in [1.807, 2.05) is 0 Å². The SMILES string of the molecule is O=C1CN(S(=O)(=O)c2ccccn2)CCCC1NC(=O)C(CC1CCCCC1)N(c1cccs1)S(=O)[O-]. The molecular weight excluding hydrogens is 536 g/mol. The summed E-state index contributed by atoms with van der Waals surface area (Å²) in [6, 6.07) is 6.02. The molecule has 1 amide bonds. The Bertz CT molecular complexity index is 1190. The normalized spacial score (nSPS) is 21.6. The highest BCUT2D eigenvalue weighted by molar-refractivity contribution is 7.89. The number of nitrogens with zero attached hydrogens (tertiary/aromatic N) is 3. The van der Waals surface area contributed by atoms with E-state index in [-0.39, 0.29) is 30.5 Å². The van der Waals surface area contributed by atoms with Crippen molar-refractivity contribution in [1.82, 2.24) is 14.6 Å². The molecule has 2 fully saturated rings. The standard InChI is InChI=1S/C24H32N4O6S3/c29-21-17-27(37(33,34)22-11-4-5-13-25-22)14-6-10-19(21)26-24(30)20(16-18-8-2-1-3-9-18)28(36(31)32)23-12-7-15-35-23/h4-5,7,11-13,15,18-20H,1-3,6,8-10,14,16-17H2,(H,26,30)(H,31,32)/p-1. The number of Topliss-reactive ketones (excluding diaryl/α,β-unsaturated/α-hetero) is 1. The van der Waals surface area contributed by atoms with Gasteiger partial charge in [0.1, 0.15) is 11.0 Å². The Morgan fingerprint density at radius 2 is 1.97 bits per heavy atom. The van der Waals surface area contributed by atoms with Crippen LogP contribution in [0, 0.1) is 5.92 Å². The molecule has 1 saturated carbocycles. The Hall–Kier alpha value is -2.19. The minimum Gasteiger partial charge on any atom is -0.755 e. The van der Waals surface area contributed by atoms with Crippen LogP contribution in [0.4, 0.5) is 5.00 Å². The van der Waals surface area contributed by atoms with Crippen molar-refractivity contribution in [3.05, 3.63) is 41.9 Å². The first-order valence-electron chi connectivity index (χ1n) is 12.4. The number of pyridine rings is 1. The minimum absolute atomic E-state index is 0.119. The maximum absolute atomic E-state index is 13.6. The van der Waals surface area contributed by atoms with Gasteiger partial charge in [0.05, 0.1) is 12.6 Å². The van der Waals surface area contributed by atoms with Gasteiger partial charge in [-0.25, -0.2) is 13.4 Å². The summed E-state index contributed by atoms with van der Waals surface area (Å²) >= 11 is -1.47. The monoisotopic (exact) mass is 567 g/mol. The lowest BCUT2D eigenvalue weighted by Crippen LogP contribution is -2.53. The summed E-state index contributed by atoms with van der Waals surface area (Å²) in [5, 5.41) is 4.82. The van der Waals surface area contributed by atoms with Gasteiger partial charge in [0.25, 0.3) is 10.0 Å². The number of thiophene rings is 1. The van der Waals surface area contributed by atoms with Gasteiger partial charge in [0, 0.05) is 24.0 Å². The molecule has 0 bridgehead atoms. The van der Waals surface area contributed by atoms with Gasteiger partial charge in [-0.15, -0.1) is 11.3 Å². The Labute approximate surface area is 223 Å². The van der Waals surface area contributed by atoms with Crippen LogP contribution in [0.5, 0.6) is 0 Å². The fraction of sp³-hybridized carbons (Fsp3) is 0.542. The number of hydrogen-bond acceptors (Lipinski definition) is 8. The van der Waals surface area contributed by atoms with Crippen molar-refractivity contribution in [1.29, 1.82) is 0 Å². The highest BCUT2D eigenvalue weighted by atomic mass is 32.2. The number of rotatable bonds is 9. The van der Waals surface area contributed by atoms with Crippen LogP contribution < -0.4 is 9.62 Å². The number of carbonyl (C=O) groups is 2. The van der Waals surface area contributed by atoms with Gasteiger partial charge in [-0.05, 0) is 54.8 Å². The molecule has 3 atom stereocenters. The van der Waals surface area contributed by atoms with Crippen LogP contribution in [0.3, 0.4) is 0 Å². The number of sulfonamides is 1. The summed E-state index contributed by atoms with van der Waals surface area (Å²) in [4.78, 5) is 30.6. The fourth-order valence-electron chi connectivity index (χ4n) is 5.03. The second-order valence-electron chi connectivity index (χ2n) is 9.43. The van der Waals surface area contributed by atoms with Crippen LogP contribution in [0.1, 0.15) is 51.4 Å². The highest BCUT2D eigenvalue weighted by Gasteiger charge is 2.37. The first-order chi connectivity index (χ1) is 17.8. The van der Waals surface area contributed by atoms with E-state index in [4.69, 9.17) is 0 Å². The molecule has 3 unspecified atom stereocenters. The topological polar surface area (TPSA) is 140 Å². The molecule has 10 nitrogen and oxygen atoms in total. The van der Waals surface area contributed by atoms with E-state index in [2.05, 4.69) is 10.3 Å². The van der Waals surface area contributed by atoms with Gasteiger partial charge in [0.15, 0.2) is 10.8 Å². The Kier molecular flexibility index (Phi) is 9.46. The maximum Gasteiger partial charge on any atom is 0.260 e. The number of aromatic nitrogens is 1. The van der Waals surface area contributed by atoms with Crippen molar-refractivity contribution < 1.29 is 26.8 Å². The van der Waals surface area contributed by atoms with Crippen LogP contribution in [0.25, 0.3) is 0 Å². The summed E-state index contributed by atoms with van der Waals surface area (Å²) in [6.45, 7) is -0.270. The van der Waals surface area contributed by atoms with Crippen molar-refractivity contribution in [3.63, 3.8) is 0 Å². The van der Waals surface area contributed by atoms with E-state index in [1.165, 1.54) is 23.6 Å². The summed E-state index contributed by atoms with van der Waals surface area (Å²) < 4.78 is 52.8. The summed E-state index contributed by atoms with van der Waals surface area (Å²) in [7, 11) is -3.96. The molecule has 3 heterocycles.